The monoisotopic (exact) mass is 434 g/mol. The van der Waals surface area contributed by atoms with Crippen LogP contribution in [0.5, 0.6) is 0 Å². The number of rotatable bonds is 4. The molecule has 3 aromatic rings. The van der Waals surface area contributed by atoms with Crippen LogP contribution in [-0.2, 0) is 11.2 Å². The number of hydrogen-bond acceptors (Lipinski definition) is 3. The van der Waals surface area contributed by atoms with Crippen LogP contribution in [0.3, 0.4) is 0 Å². The predicted molar refractivity (Wildman–Crippen MR) is 126 cm³/mol. The van der Waals surface area contributed by atoms with E-state index in [9.17, 15) is 9.18 Å². The van der Waals surface area contributed by atoms with Gasteiger partial charge in [0, 0.05) is 55.0 Å². The minimum absolute atomic E-state index is 0.158. The number of benzene rings is 2. The fourth-order valence-electron chi connectivity index (χ4n) is 5.23. The van der Waals surface area contributed by atoms with E-state index in [2.05, 4.69) is 53.4 Å². The number of amides is 1. The van der Waals surface area contributed by atoms with E-state index in [1.807, 2.05) is 17.0 Å². The number of hydrogen-bond donors (Lipinski definition) is 2. The molecule has 5 nitrogen and oxygen atoms in total. The lowest BCUT2D eigenvalue weighted by molar-refractivity contribution is -0.134. The molecule has 0 radical (unpaired) electrons. The van der Waals surface area contributed by atoms with Crippen molar-refractivity contribution in [3.63, 3.8) is 0 Å². The first-order valence-electron chi connectivity index (χ1n) is 11.6. The molecule has 0 saturated carbocycles. The van der Waals surface area contributed by atoms with Crippen molar-refractivity contribution in [1.29, 1.82) is 0 Å². The van der Waals surface area contributed by atoms with Crippen molar-refractivity contribution in [3.05, 3.63) is 65.6 Å². The van der Waals surface area contributed by atoms with Crippen LogP contribution in [-0.4, -0.2) is 48.0 Å². The van der Waals surface area contributed by atoms with Crippen molar-refractivity contribution in [1.82, 2.24) is 15.2 Å². The van der Waals surface area contributed by atoms with Crippen molar-refractivity contribution >= 4 is 22.5 Å². The van der Waals surface area contributed by atoms with Gasteiger partial charge in [-0.3, -0.25) is 10.1 Å². The molecule has 2 aromatic carbocycles. The van der Waals surface area contributed by atoms with Crippen molar-refractivity contribution in [2.45, 2.75) is 38.8 Å². The minimum atomic E-state index is -0.234. The highest BCUT2D eigenvalue weighted by molar-refractivity contribution is 5.90. The highest BCUT2D eigenvalue weighted by atomic mass is 19.1. The third-order valence-corrected chi connectivity index (χ3v) is 6.81. The average molecular weight is 435 g/mol. The van der Waals surface area contributed by atoms with Gasteiger partial charge in [-0.05, 0) is 60.2 Å². The summed E-state index contributed by atoms with van der Waals surface area (Å²) in [5.74, 6) is 0.482. The molecule has 6 heteroatoms. The zero-order valence-corrected chi connectivity index (χ0v) is 18.8. The van der Waals surface area contributed by atoms with E-state index in [4.69, 9.17) is 0 Å². The molecular weight excluding hydrogens is 403 g/mol. The van der Waals surface area contributed by atoms with Crippen LogP contribution in [0, 0.1) is 11.7 Å². The Balaban J connectivity index is 1.33. The molecule has 3 heterocycles. The Bertz CT molecular complexity index is 1100. The molecule has 168 valence electrons. The summed E-state index contributed by atoms with van der Waals surface area (Å²) >= 11 is 0. The van der Waals surface area contributed by atoms with Gasteiger partial charge >= 0.3 is 0 Å². The van der Waals surface area contributed by atoms with Gasteiger partial charge in [-0.2, -0.15) is 0 Å². The molecule has 0 spiro atoms. The number of aromatic amines is 1. The van der Waals surface area contributed by atoms with Gasteiger partial charge in [-0.1, -0.05) is 26.0 Å². The lowest BCUT2D eigenvalue weighted by atomic mass is 9.94. The van der Waals surface area contributed by atoms with Gasteiger partial charge in [0.05, 0.1) is 6.04 Å². The number of aromatic nitrogens is 1. The Morgan fingerprint density at radius 3 is 2.56 bits per heavy atom. The predicted octanol–water partition coefficient (Wildman–Crippen LogP) is 4.26. The second-order valence-corrected chi connectivity index (χ2v) is 9.48. The normalized spacial score (nSPS) is 21.2. The zero-order valence-electron chi connectivity index (χ0n) is 18.8. The van der Waals surface area contributed by atoms with Crippen molar-refractivity contribution in [2.75, 3.05) is 31.1 Å². The molecule has 1 saturated heterocycles. The topological polar surface area (TPSA) is 51.4 Å². The second-order valence-electron chi connectivity index (χ2n) is 9.48. The molecule has 2 aliphatic rings. The first-order chi connectivity index (χ1) is 15.5. The number of halogens is 1. The number of carbonyl (C=O) groups excluding carboxylic acids is 1. The van der Waals surface area contributed by atoms with Gasteiger partial charge < -0.3 is 14.8 Å². The van der Waals surface area contributed by atoms with Crippen LogP contribution >= 0.6 is 0 Å². The quantitative estimate of drug-likeness (QED) is 0.645. The van der Waals surface area contributed by atoms with E-state index in [0.717, 1.165) is 30.7 Å². The Kier molecular flexibility index (Phi) is 5.64. The first kappa shape index (κ1) is 21.0. The fourth-order valence-corrected chi connectivity index (χ4v) is 5.23. The van der Waals surface area contributed by atoms with E-state index in [1.165, 1.54) is 28.6 Å². The fraction of sp³-hybridized carbons (Fsp3) is 0.423. The number of piperazine rings is 1. The van der Waals surface area contributed by atoms with Gasteiger partial charge in [0.2, 0.25) is 5.91 Å². The summed E-state index contributed by atoms with van der Waals surface area (Å²) in [5, 5.41) is 5.01. The van der Waals surface area contributed by atoms with Crippen LogP contribution in [0.2, 0.25) is 0 Å². The highest BCUT2D eigenvalue weighted by Gasteiger charge is 2.33. The van der Waals surface area contributed by atoms with E-state index in [-0.39, 0.29) is 23.8 Å². The Hall–Kier alpha value is -2.86. The summed E-state index contributed by atoms with van der Waals surface area (Å²) in [6.45, 7) is 7.34. The summed E-state index contributed by atoms with van der Waals surface area (Å²) in [6.07, 6.45) is 3.76. The van der Waals surface area contributed by atoms with Crippen LogP contribution in [0.15, 0.2) is 48.7 Å². The highest BCUT2D eigenvalue weighted by Crippen LogP contribution is 2.34. The summed E-state index contributed by atoms with van der Waals surface area (Å²) in [7, 11) is 0. The van der Waals surface area contributed by atoms with Crippen LogP contribution in [0.4, 0.5) is 10.1 Å². The molecule has 2 atom stereocenters. The van der Waals surface area contributed by atoms with E-state index in [1.54, 1.807) is 0 Å². The average Bonchev–Trinajstić information content (AvgIpc) is 3.13. The standard InChI is InChI=1S/C26H31FN4O/c1-17(2)14-23-21-4-3-5-22-25(21)18(16-28-22)15-24(29-23)26(32)31-12-10-30(11-13-31)20-8-6-19(27)7-9-20/h3-9,16-17,23-24,28-29H,10-15H2,1-2H3. The molecule has 2 unspecified atom stereocenters. The minimum Gasteiger partial charge on any atom is -0.368 e. The van der Waals surface area contributed by atoms with Crippen molar-refractivity contribution in [2.24, 2.45) is 5.92 Å². The molecule has 2 N–H and O–H groups in total. The lowest BCUT2D eigenvalue weighted by Crippen LogP contribution is -2.55. The summed E-state index contributed by atoms with van der Waals surface area (Å²) in [4.78, 5) is 21.2. The van der Waals surface area contributed by atoms with Crippen LogP contribution in [0.1, 0.15) is 37.4 Å². The van der Waals surface area contributed by atoms with E-state index < -0.39 is 0 Å². The van der Waals surface area contributed by atoms with Gasteiger partial charge in [0.15, 0.2) is 0 Å². The smallest absolute Gasteiger partial charge is 0.240 e. The van der Waals surface area contributed by atoms with Crippen molar-refractivity contribution < 1.29 is 9.18 Å². The number of H-pyrrole nitrogens is 1. The Morgan fingerprint density at radius 2 is 1.84 bits per heavy atom. The van der Waals surface area contributed by atoms with E-state index >= 15 is 0 Å². The van der Waals surface area contributed by atoms with Gasteiger partial charge in [-0.15, -0.1) is 0 Å². The molecule has 0 bridgehead atoms. The molecular formula is C26H31FN4O. The van der Waals surface area contributed by atoms with Crippen molar-refractivity contribution in [3.8, 4) is 0 Å². The Labute approximate surface area is 188 Å². The third kappa shape index (κ3) is 3.99. The summed E-state index contributed by atoms with van der Waals surface area (Å²) < 4.78 is 13.2. The third-order valence-electron chi connectivity index (χ3n) is 6.81. The van der Waals surface area contributed by atoms with Crippen LogP contribution in [0.25, 0.3) is 10.9 Å². The molecule has 5 rings (SSSR count). The van der Waals surface area contributed by atoms with Crippen LogP contribution < -0.4 is 10.2 Å². The number of nitrogens with one attached hydrogen (secondary N) is 2. The maximum atomic E-state index is 13.6. The molecule has 1 aromatic heterocycles. The number of nitrogens with zero attached hydrogens (tertiary/aromatic N) is 2. The van der Waals surface area contributed by atoms with E-state index in [0.29, 0.717) is 25.4 Å². The lowest BCUT2D eigenvalue weighted by Gasteiger charge is -2.38. The molecule has 1 amide bonds. The van der Waals surface area contributed by atoms with Gasteiger partial charge in [0.25, 0.3) is 0 Å². The Morgan fingerprint density at radius 1 is 1.09 bits per heavy atom. The second kappa shape index (κ2) is 8.58. The number of carbonyl (C=O) groups is 1. The molecule has 2 aliphatic heterocycles. The summed E-state index contributed by atoms with van der Waals surface area (Å²) in [6, 6.07) is 12.9. The molecule has 32 heavy (non-hydrogen) atoms. The maximum absolute atomic E-state index is 13.6. The first-order valence-corrected chi connectivity index (χ1v) is 11.6. The maximum Gasteiger partial charge on any atom is 0.240 e. The summed E-state index contributed by atoms with van der Waals surface area (Å²) in [5.41, 5.74) is 4.67. The van der Waals surface area contributed by atoms with Gasteiger partial charge in [0.1, 0.15) is 5.82 Å². The zero-order chi connectivity index (χ0) is 22.2. The molecule has 0 aliphatic carbocycles. The SMILES string of the molecule is CC(C)CC1NC(C(=O)N2CCN(c3ccc(F)cc3)CC2)Cc2c[nH]c3cccc1c23. The largest absolute Gasteiger partial charge is 0.368 e. The van der Waals surface area contributed by atoms with Gasteiger partial charge in [-0.25, -0.2) is 4.39 Å². The number of anilines is 1. The molecule has 1 fully saturated rings.